The molecule has 0 aliphatic rings. The molecule has 2 aromatic rings. The number of rotatable bonds is 7. The Bertz CT molecular complexity index is 871. The molecule has 0 radical (unpaired) electrons. The number of hydrogen-bond donors (Lipinski definition) is 1. The largest absolute Gasteiger partial charge is 0.353 e. The van der Waals surface area contributed by atoms with Gasteiger partial charge >= 0.3 is 0 Å². The molecule has 0 bridgehead atoms. The maximum atomic E-state index is 13.0. The number of carbonyl (C=O) groups excluding carboxylic acids is 1. The third kappa shape index (κ3) is 5.45. The van der Waals surface area contributed by atoms with Crippen molar-refractivity contribution in [3.63, 3.8) is 0 Å². The summed E-state index contributed by atoms with van der Waals surface area (Å²) in [5.74, 6) is -0.385. The van der Waals surface area contributed by atoms with E-state index in [0.29, 0.717) is 15.6 Å². The molecule has 0 atom stereocenters. The fourth-order valence-electron chi connectivity index (χ4n) is 2.34. The maximum Gasteiger partial charge on any atom is 0.243 e. The smallest absolute Gasteiger partial charge is 0.243 e. The van der Waals surface area contributed by atoms with Gasteiger partial charge in [-0.05, 0) is 43.7 Å². The highest BCUT2D eigenvalue weighted by molar-refractivity contribution is 7.89. The first-order valence-corrected chi connectivity index (χ1v) is 10.2. The average Bonchev–Trinajstić information content (AvgIpc) is 2.56. The number of nitrogens with zero attached hydrogens (tertiary/aromatic N) is 1. The summed E-state index contributed by atoms with van der Waals surface area (Å²) in [6, 6.07) is 12.7. The van der Waals surface area contributed by atoms with Crippen LogP contribution >= 0.6 is 23.2 Å². The summed E-state index contributed by atoms with van der Waals surface area (Å²) in [6.07, 6.45) is 0. The lowest BCUT2D eigenvalue weighted by Gasteiger charge is -2.23. The van der Waals surface area contributed by atoms with Crippen molar-refractivity contribution >= 4 is 39.1 Å². The van der Waals surface area contributed by atoms with Crippen LogP contribution in [0.2, 0.25) is 10.0 Å². The van der Waals surface area contributed by atoms with Crippen LogP contribution in [0, 0.1) is 0 Å². The van der Waals surface area contributed by atoms with E-state index >= 15 is 0 Å². The first-order chi connectivity index (χ1) is 12.2. The number of sulfonamides is 1. The minimum absolute atomic E-state index is 0.0429. The van der Waals surface area contributed by atoms with Gasteiger partial charge in [0.25, 0.3) is 0 Å². The van der Waals surface area contributed by atoms with Crippen LogP contribution in [0.25, 0.3) is 0 Å². The van der Waals surface area contributed by atoms with Crippen molar-refractivity contribution in [1.29, 1.82) is 0 Å². The van der Waals surface area contributed by atoms with Gasteiger partial charge < -0.3 is 5.32 Å². The fourth-order valence-corrected chi connectivity index (χ4v) is 4.20. The quantitative estimate of drug-likeness (QED) is 0.750. The number of amides is 1. The van der Waals surface area contributed by atoms with E-state index in [1.54, 1.807) is 36.4 Å². The van der Waals surface area contributed by atoms with E-state index in [9.17, 15) is 13.2 Å². The van der Waals surface area contributed by atoms with E-state index in [4.69, 9.17) is 23.2 Å². The van der Waals surface area contributed by atoms with Gasteiger partial charge in [0.2, 0.25) is 15.9 Å². The Balaban J connectivity index is 2.37. The Labute approximate surface area is 164 Å². The number of nitrogens with one attached hydrogen (secondary N) is 1. The lowest BCUT2D eigenvalue weighted by Crippen LogP contribution is -2.42. The van der Waals surface area contributed by atoms with Crippen molar-refractivity contribution in [3.05, 3.63) is 64.1 Å². The van der Waals surface area contributed by atoms with E-state index in [2.05, 4.69) is 5.32 Å². The number of carbonyl (C=O) groups is 1. The highest BCUT2D eigenvalue weighted by Crippen LogP contribution is 2.25. The van der Waals surface area contributed by atoms with E-state index in [1.807, 2.05) is 13.8 Å². The van der Waals surface area contributed by atoms with Gasteiger partial charge in [-0.1, -0.05) is 47.5 Å². The average molecular weight is 415 g/mol. The molecule has 0 saturated carbocycles. The van der Waals surface area contributed by atoms with Crippen molar-refractivity contribution in [3.8, 4) is 0 Å². The molecule has 2 rings (SSSR count). The zero-order chi connectivity index (χ0) is 19.3. The topological polar surface area (TPSA) is 66.5 Å². The molecular weight excluding hydrogens is 395 g/mol. The van der Waals surface area contributed by atoms with Gasteiger partial charge in [-0.3, -0.25) is 4.79 Å². The van der Waals surface area contributed by atoms with Crippen LogP contribution in [-0.2, 0) is 21.4 Å². The van der Waals surface area contributed by atoms with E-state index in [1.165, 1.54) is 12.1 Å². The Morgan fingerprint density at radius 1 is 1.12 bits per heavy atom. The van der Waals surface area contributed by atoms with Crippen molar-refractivity contribution in [2.45, 2.75) is 31.3 Å². The second-order valence-corrected chi connectivity index (χ2v) is 8.83. The number of hydrogen-bond acceptors (Lipinski definition) is 3. The minimum Gasteiger partial charge on any atom is -0.353 e. The highest BCUT2D eigenvalue weighted by Gasteiger charge is 2.27. The van der Waals surface area contributed by atoms with Crippen LogP contribution in [0.3, 0.4) is 0 Å². The van der Waals surface area contributed by atoms with Gasteiger partial charge in [-0.25, -0.2) is 8.42 Å². The van der Waals surface area contributed by atoms with E-state index in [-0.39, 0.29) is 29.9 Å². The summed E-state index contributed by atoms with van der Waals surface area (Å²) < 4.78 is 27.1. The van der Waals surface area contributed by atoms with Crippen LogP contribution in [0.4, 0.5) is 0 Å². The van der Waals surface area contributed by atoms with Gasteiger partial charge in [0.1, 0.15) is 0 Å². The summed E-state index contributed by atoms with van der Waals surface area (Å²) in [5.41, 5.74) is 0.563. The molecule has 0 aromatic heterocycles. The minimum atomic E-state index is -3.88. The van der Waals surface area contributed by atoms with Gasteiger partial charge in [-0.2, -0.15) is 4.31 Å². The normalized spacial score (nSPS) is 11.8. The Kier molecular flexibility index (Phi) is 7.06. The van der Waals surface area contributed by atoms with E-state index in [0.717, 1.165) is 4.31 Å². The van der Waals surface area contributed by atoms with Crippen molar-refractivity contribution in [2.24, 2.45) is 0 Å². The molecule has 140 valence electrons. The lowest BCUT2D eigenvalue weighted by atomic mass is 10.2. The van der Waals surface area contributed by atoms with Gasteiger partial charge in [-0.15, -0.1) is 0 Å². The second kappa shape index (κ2) is 8.86. The van der Waals surface area contributed by atoms with Crippen LogP contribution < -0.4 is 5.32 Å². The predicted molar refractivity (Wildman–Crippen MR) is 104 cm³/mol. The second-order valence-electron chi connectivity index (χ2n) is 6.04. The molecule has 0 unspecified atom stereocenters. The monoisotopic (exact) mass is 414 g/mol. The maximum absolute atomic E-state index is 13.0. The molecule has 2 aromatic carbocycles. The van der Waals surface area contributed by atoms with Crippen LogP contribution in [0.5, 0.6) is 0 Å². The van der Waals surface area contributed by atoms with Gasteiger partial charge in [0.15, 0.2) is 0 Å². The molecule has 0 aliphatic heterocycles. The zero-order valence-electron chi connectivity index (χ0n) is 14.4. The van der Waals surface area contributed by atoms with Crippen LogP contribution in [-0.4, -0.2) is 31.2 Å². The number of halogens is 2. The number of benzene rings is 2. The third-order valence-electron chi connectivity index (χ3n) is 3.51. The molecule has 5 nitrogen and oxygen atoms in total. The summed E-state index contributed by atoms with van der Waals surface area (Å²) in [6.45, 7) is 3.26. The molecule has 1 N–H and O–H groups in total. The van der Waals surface area contributed by atoms with Crippen LogP contribution in [0.1, 0.15) is 19.4 Å². The first-order valence-electron chi connectivity index (χ1n) is 7.98. The summed E-state index contributed by atoms with van der Waals surface area (Å²) in [5, 5.41) is 3.50. The van der Waals surface area contributed by atoms with Crippen molar-refractivity contribution < 1.29 is 13.2 Å². The molecule has 0 spiro atoms. The molecule has 26 heavy (non-hydrogen) atoms. The standard InChI is InChI=1S/C18H20Cl2N2O3S/c1-13(2)21-18(23)12-22(11-14-8-9-15(19)10-17(14)20)26(24,25)16-6-4-3-5-7-16/h3-10,13H,11-12H2,1-2H3,(H,21,23). The summed E-state index contributed by atoms with van der Waals surface area (Å²) in [7, 11) is -3.88. The molecule has 8 heteroatoms. The van der Waals surface area contributed by atoms with Crippen LogP contribution in [0.15, 0.2) is 53.4 Å². The molecule has 0 saturated heterocycles. The molecule has 0 fully saturated rings. The summed E-state index contributed by atoms with van der Waals surface area (Å²) in [4.78, 5) is 12.3. The highest BCUT2D eigenvalue weighted by atomic mass is 35.5. The lowest BCUT2D eigenvalue weighted by molar-refractivity contribution is -0.121. The molecular formula is C18H20Cl2N2O3S. The Morgan fingerprint density at radius 2 is 1.77 bits per heavy atom. The molecule has 0 heterocycles. The third-order valence-corrected chi connectivity index (χ3v) is 5.91. The Hall–Kier alpha value is -1.60. The van der Waals surface area contributed by atoms with Crippen molar-refractivity contribution in [1.82, 2.24) is 9.62 Å². The first kappa shape index (κ1) is 20.7. The summed E-state index contributed by atoms with van der Waals surface area (Å²) >= 11 is 12.1. The SMILES string of the molecule is CC(C)NC(=O)CN(Cc1ccc(Cl)cc1Cl)S(=O)(=O)c1ccccc1. The Morgan fingerprint density at radius 3 is 2.35 bits per heavy atom. The van der Waals surface area contributed by atoms with Gasteiger partial charge in [0.05, 0.1) is 11.4 Å². The molecule has 1 amide bonds. The fraction of sp³-hybridized carbons (Fsp3) is 0.278. The van der Waals surface area contributed by atoms with Gasteiger partial charge in [0, 0.05) is 22.6 Å². The zero-order valence-corrected chi connectivity index (χ0v) is 16.8. The predicted octanol–water partition coefficient (Wildman–Crippen LogP) is 3.71. The molecule has 0 aliphatic carbocycles. The van der Waals surface area contributed by atoms with E-state index < -0.39 is 10.0 Å². The van der Waals surface area contributed by atoms with Crippen molar-refractivity contribution in [2.75, 3.05) is 6.54 Å².